The molecule has 23 heavy (non-hydrogen) atoms. The fourth-order valence-corrected chi connectivity index (χ4v) is 2.11. The van der Waals surface area contributed by atoms with Gasteiger partial charge in [0.2, 0.25) is 0 Å². The van der Waals surface area contributed by atoms with Gasteiger partial charge in [0.25, 0.3) is 5.91 Å². The zero-order chi connectivity index (χ0) is 16.7. The predicted molar refractivity (Wildman–Crippen MR) is 89.9 cm³/mol. The Labute approximate surface area is 140 Å². The number of carbonyl (C=O) groups is 1. The molecule has 0 atom stereocenters. The second-order valence-electron chi connectivity index (χ2n) is 4.72. The van der Waals surface area contributed by atoms with Gasteiger partial charge in [-0.15, -0.1) is 0 Å². The van der Waals surface area contributed by atoms with Crippen LogP contribution in [0.3, 0.4) is 0 Å². The third-order valence-corrected chi connectivity index (χ3v) is 3.53. The van der Waals surface area contributed by atoms with Crippen molar-refractivity contribution >= 4 is 23.6 Å². The summed E-state index contributed by atoms with van der Waals surface area (Å²) in [6.45, 7) is 0.324. The van der Waals surface area contributed by atoms with Gasteiger partial charge in [0.05, 0.1) is 7.11 Å². The third kappa shape index (κ3) is 4.60. The minimum absolute atomic E-state index is 0.00612. The molecule has 2 aromatic carbocycles. The first-order valence-corrected chi connectivity index (χ1v) is 7.29. The minimum Gasteiger partial charge on any atom is -0.497 e. The first-order chi connectivity index (χ1) is 11.1. The van der Waals surface area contributed by atoms with E-state index in [1.54, 1.807) is 31.4 Å². The number of methoxy groups -OCH3 is 1. The molecule has 0 saturated heterocycles. The number of ether oxygens (including phenoxy) is 1. The lowest BCUT2D eigenvalue weighted by atomic mass is 10.1. The van der Waals surface area contributed by atoms with E-state index in [9.17, 15) is 10.1 Å². The van der Waals surface area contributed by atoms with E-state index in [1.165, 1.54) is 6.08 Å². The summed E-state index contributed by atoms with van der Waals surface area (Å²) in [7, 11) is 1.59. The molecule has 4 nitrogen and oxygen atoms in total. The summed E-state index contributed by atoms with van der Waals surface area (Å²) in [4.78, 5) is 12.1. The van der Waals surface area contributed by atoms with Gasteiger partial charge in [-0.25, -0.2) is 0 Å². The molecule has 0 aromatic heterocycles. The van der Waals surface area contributed by atoms with Crippen LogP contribution in [0.4, 0.5) is 0 Å². The summed E-state index contributed by atoms with van der Waals surface area (Å²) >= 11 is 6.03. The van der Waals surface area contributed by atoms with Crippen molar-refractivity contribution in [3.05, 3.63) is 70.3 Å². The van der Waals surface area contributed by atoms with Gasteiger partial charge in [-0.2, -0.15) is 5.26 Å². The molecular formula is C18H15ClN2O2. The van der Waals surface area contributed by atoms with E-state index >= 15 is 0 Å². The maximum absolute atomic E-state index is 12.1. The monoisotopic (exact) mass is 326 g/mol. The van der Waals surface area contributed by atoms with Crippen molar-refractivity contribution in [1.82, 2.24) is 5.32 Å². The SMILES string of the molecule is COc1ccc(CNC(=O)/C(C#N)=C/c2ccccc2Cl)cc1. The number of carbonyl (C=O) groups excluding carboxylic acids is 1. The van der Waals surface area contributed by atoms with Crippen molar-refractivity contribution in [2.75, 3.05) is 7.11 Å². The zero-order valence-corrected chi connectivity index (χ0v) is 13.3. The Morgan fingerprint density at radius 1 is 1.26 bits per heavy atom. The second-order valence-corrected chi connectivity index (χ2v) is 5.13. The van der Waals surface area contributed by atoms with Gasteiger partial charge in [-0.05, 0) is 35.4 Å². The van der Waals surface area contributed by atoms with Crippen molar-refractivity contribution in [1.29, 1.82) is 5.26 Å². The number of nitrogens with one attached hydrogen (secondary N) is 1. The van der Waals surface area contributed by atoms with Crippen molar-refractivity contribution < 1.29 is 9.53 Å². The number of benzene rings is 2. The van der Waals surface area contributed by atoms with Gasteiger partial charge in [0.1, 0.15) is 17.4 Å². The first kappa shape index (κ1) is 16.6. The molecule has 0 radical (unpaired) electrons. The average molecular weight is 327 g/mol. The molecule has 1 amide bonds. The van der Waals surface area contributed by atoms with E-state index in [-0.39, 0.29) is 5.57 Å². The second kappa shape index (κ2) is 8.02. The van der Waals surface area contributed by atoms with E-state index in [0.29, 0.717) is 17.1 Å². The molecule has 0 heterocycles. The molecule has 0 aliphatic carbocycles. The highest BCUT2D eigenvalue weighted by Crippen LogP contribution is 2.18. The summed E-state index contributed by atoms with van der Waals surface area (Å²) < 4.78 is 5.08. The first-order valence-electron chi connectivity index (χ1n) is 6.91. The molecule has 5 heteroatoms. The van der Waals surface area contributed by atoms with Gasteiger partial charge < -0.3 is 10.1 Å². The van der Waals surface area contributed by atoms with Crippen LogP contribution in [0.1, 0.15) is 11.1 Å². The Bertz CT molecular complexity index is 761. The summed E-state index contributed by atoms with van der Waals surface area (Å²) in [5, 5.41) is 12.4. The van der Waals surface area contributed by atoms with Crippen LogP contribution in [0.2, 0.25) is 5.02 Å². The third-order valence-electron chi connectivity index (χ3n) is 3.18. The van der Waals surface area contributed by atoms with Crippen molar-refractivity contribution in [3.63, 3.8) is 0 Å². The van der Waals surface area contributed by atoms with E-state index in [0.717, 1.165) is 11.3 Å². The zero-order valence-electron chi connectivity index (χ0n) is 12.5. The molecule has 0 bridgehead atoms. The van der Waals surface area contributed by atoms with Gasteiger partial charge >= 0.3 is 0 Å². The number of nitriles is 1. The van der Waals surface area contributed by atoms with Crippen LogP contribution in [-0.4, -0.2) is 13.0 Å². The highest BCUT2D eigenvalue weighted by Gasteiger charge is 2.09. The Balaban J connectivity index is 2.05. The molecule has 0 unspecified atom stereocenters. The van der Waals surface area contributed by atoms with Crippen LogP contribution in [-0.2, 0) is 11.3 Å². The van der Waals surface area contributed by atoms with Gasteiger partial charge in [0.15, 0.2) is 0 Å². The maximum atomic E-state index is 12.1. The van der Waals surface area contributed by atoms with Crippen LogP contribution in [0, 0.1) is 11.3 Å². The summed E-state index contributed by atoms with van der Waals surface area (Å²) in [6.07, 6.45) is 1.48. The quantitative estimate of drug-likeness (QED) is 0.675. The molecular weight excluding hydrogens is 312 g/mol. The number of nitrogens with zero attached hydrogens (tertiary/aromatic N) is 1. The highest BCUT2D eigenvalue weighted by atomic mass is 35.5. The van der Waals surface area contributed by atoms with Gasteiger partial charge in [-0.3, -0.25) is 4.79 Å². The summed E-state index contributed by atoms with van der Waals surface area (Å²) in [6, 6.07) is 16.3. The number of hydrogen-bond donors (Lipinski definition) is 1. The Hall–Kier alpha value is -2.77. The lowest BCUT2D eigenvalue weighted by Gasteiger charge is -2.06. The largest absolute Gasteiger partial charge is 0.497 e. The molecule has 0 spiro atoms. The molecule has 116 valence electrons. The fourth-order valence-electron chi connectivity index (χ4n) is 1.92. The number of rotatable bonds is 5. The van der Waals surface area contributed by atoms with E-state index in [1.807, 2.05) is 30.3 Å². The standard InChI is InChI=1S/C18H15ClN2O2/c1-23-16-8-6-13(7-9-16)12-21-18(22)15(11-20)10-14-4-2-3-5-17(14)19/h2-10H,12H2,1H3,(H,21,22)/b15-10+. The fraction of sp³-hybridized carbons (Fsp3) is 0.111. The smallest absolute Gasteiger partial charge is 0.262 e. The van der Waals surface area contributed by atoms with E-state index < -0.39 is 5.91 Å². The Kier molecular flexibility index (Phi) is 5.79. The Morgan fingerprint density at radius 2 is 1.96 bits per heavy atom. The molecule has 0 aliphatic rings. The van der Waals surface area contributed by atoms with Crippen molar-refractivity contribution in [2.24, 2.45) is 0 Å². The molecule has 2 aromatic rings. The number of amides is 1. The lowest BCUT2D eigenvalue weighted by molar-refractivity contribution is -0.117. The minimum atomic E-state index is -0.441. The van der Waals surface area contributed by atoms with Crippen LogP contribution in [0.5, 0.6) is 5.75 Å². The van der Waals surface area contributed by atoms with Crippen molar-refractivity contribution in [2.45, 2.75) is 6.54 Å². The van der Waals surface area contributed by atoms with Crippen LogP contribution >= 0.6 is 11.6 Å². The molecule has 2 rings (SSSR count). The number of halogens is 1. The highest BCUT2D eigenvalue weighted by molar-refractivity contribution is 6.32. The van der Waals surface area contributed by atoms with E-state index in [4.69, 9.17) is 16.3 Å². The molecule has 1 N–H and O–H groups in total. The Morgan fingerprint density at radius 3 is 2.57 bits per heavy atom. The average Bonchev–Trinajstić information content (AvgIpc) is 2.59. The van der Waals surface area contributed by atoms with Gasteiger partial charge in [-0.1, -0.05) is 41.9 Å². The molecule has 0 fully saturated rings. The predicted octanol–water partition coefficient (Wildman–Crippen LogP) is 3.57. The van der Waals surface area contributed by atoms with Crippen LogP contribution in [0.25, 0.3) is 6.08 Å². The number of hydrogen-bond acceptors (Lipinski definition) is 3. The van der Waals surface area contributed by atoms with Gasteiger partial charge in [0, 0.05) is 11.6 Å². The topological polar surface area (TPSA) is 62.1 Å². The molecule has 0 aliphatic heterocycles. The normalized spacial score (nSPS) is 10.7. The van der Waals surface area contributed by atoms with Crippen LogP contribution in [0.15, 0.2) is 54.1 Å². The van der Waals surface area contributed by atoms with E-state index in [2.05, 4.69) is 5.32 Å². The summed E-state index contributed by atoms with van der Waals surface area (Å²) in [5.41, 5.74) is 1.55. The molecule has 0 saturated carbocycles. The van der Waals surface area contributed by atoms with Crippen molar-refractivity contribution in [3.8, 4) is 11.8 Å². The summed E-state index contributed by atoms with van der Waals surface area (Å²) in [5.74, 6) is 0.305. The van der Waals surface area contributed by atoms with Crippen LogP contribution < -0.4 is 10.1 Å². The maximum Gasteiger partial charge on any atom is 0.262 e. The lowest BCUT2D eigenvalue weighted by Crippen LogP contribution is -2.23.